The highest BCUT2D eigenvalue weighted by molar-refractivity contribution is 4.84. The smallest absolute Gasteiger partial charge is 0.0638 e. The van der Waals surface area contributed by atoms with Gasteiger partial charge in [-0.25, -0.2) is 0 Å². The summed E-state index contributed by atoms with van der Waals surface area (Å²) in [6.45, 7) is 4.81. The molecule has 1 fully saturated rings. The van der Waals surface area contributed by atoms with E-state index in [1.165, 1.54) is 5.01 Å². The molecule has 1 heterocycles. The molecule has 1 rings (SSSR count). The number of hydrogen-bond donors (Lipinski definition) is 1. The summed E-state index contributed by atoms with van der Waals surface area (Å²) in [5.74, 6) is 0.181. The molecule has 1 N–H and O–H groups in total. The van der Waals surface area contributed by atoms with Crippen molar-refractivity contribution in [1.82, 2.24) is 5.01 Å². The summed E-state index contributed by atoms with van der Waals surface area (Å²) in [6.07, 6.45) is 0.856. The highest BCUT2D eigenvalue weighted by atomic mass is 16.3. The Morgan fingerprint density at radius 2 is 2.27 bits per heavy atom. The summed E-state index contributed by atoms with van der Waals surface area (Å²) in [5, 5.41) is 13.8. The number of rotatable bonds is 2. The van der Waals surface area contributed by atoms with E-state index in [-0.39, 0.29) is 5.92 Å². The van der Waals surface area contributed by atoms with Gasteiger partial charge in [0.2, 0.25) is 0 Å². The summed E-state index contributed by atoms with van der Waals surface area (Å²) < 4.78 is 0. The molecule has 0 aromatic carbocycles. The predicted molar refractivity (Wildman–Crippen MR) is 41.8 cm³/mol. The fourth-order valence-electron chi connectivity index (χ4n) is 1.39. The summed E-state index contributed by atoms with van der Waals surface area (Å²) in [4.78, 5) is 10.1. The Hall–Kier alpha value is -0.640. The minimum Gasteiger partial charge on any atom is -0.390 e. The van der Waals surface area contributed by atoms with E-state index in [1.54, 1.807) is 13.8 Å². The van der Waals surface area contributed by atoms with Crippen molar-refractivity contribution in [3.05, 3.63) is 4.91 Å². The molecule has 1 atom stereocenters. The zero-order chi connectivity index (χ0) is 8.48. The molecule has 4 nitrogen and oxygen atoms in total. The number of hydrogen-bond acceptors (Lipinski definition) is 3. The molecular weight excluding hydrogens is 144 g/mol. The maximum absolute atomic E-state index is 10.1. The Bertz CT molecular complexity index is 153. The van der Waals surface area contributed by atoms with Crippen molar-refractivity contribution in [2.45, 2.75) is 25.9 Å². The van der Waals surface area contributed by atoms with E-state index >= 15 is 0 Å². The van der Waals surface area contributed by atoms with Crippen LogP contribution in [0, 0.1) is 10.8 Å². The average molecular weight is 158 g/mol. The number of aliphatic hydroxyl groups is 1. The van der Waals surface area contributed by atoms with Gasteiger partial charge in [-0.2, -0.15) is 0 Å². The lowest BCUT2D eigenvalue weighted by molar-refractivity contribution is 0.0211. The van der Waals surface area contributed by atoms with Crippen molar-refractivity contribution in [3.63, 3.8) is 0 Å². The van der Waals surface area contributed by atoms with Crippen LogP contribution >= 0.6 is 0 Å². The van der Waals surface area contributed by atoms with Crippen LogP contribution in [0.3, 0.4) is 0 Å². The van der Waals surface area contributed by atoms with Crippen molar-refractivity contribution in [1.29, 1.82) is 0 Å². The van der Waals surface area contributed by atoms with Gasteiger partial charge in [-0.1, -0.05) is 0 Å². The lowest BCUT2D eigenvalue weighted by Gasteiger charge is -2.24. The lowest BCUT2D eigenvalue weighted by atomic mass is 9.91. The van der Waals surface area contributed by atoms with Crippen LogP contribution in [0.25, 0.3) is 0 Å². The molecular formula is C7H14N2O2. The van der Waals surface area contributed by atoms with Gasteiger partial charge in [0.15, 0.2) is 0 Å². The molecule has 0 aliphatic carbocycles. The van der Waals surface area contributed by atoms with Crippen LogP contribution < -0.4 is 0 Å². The first-order valence-corrected chi connectivity index (χ1v) is 3.84. The molecule has 1 aliphatic rings. The highest BCUT2D eigenvalue weighted by Gasteiger charge is 2.33. The summed E-state index contributed by atoms with van der Waals surface area (Å²) >= 11 is 0. The Labute approximate surface area is 66.1 Å². The Morgan fingerprint density at radius 3 is 2.55 bits per heavy atom. The number of nitrogens with zero attached hydrogens (tertiary/aromatic N) is 2. The molecule has 0 bridgehead atoms. The van der Waals surface area contributed by atoms with Crippen molar-refractivity contribution in [2.24, 2.45) is 11.2 Å². The van der Waals surface area contributed by atoms with Gasteiger partial charge in [0.1, 0.15) is 0 Å². The van der Waals surface area contributed by atoms with Crippen LogP contribution in [0.2, 0.25) is 0 Å². The molecule has 1 saturated heterocycles. The van der Waals surface area contributed by atoms with Gasteiger partial charge in [0, 0.05) is 19.0 Å². The molecule has 0 spiro atoms. The highest BCUT2D eigenvalue weighted by Crippen LogP contribution is 2.26. The maximum atomic E-state index is 10.1. The van der Waals surface area contributed by atoms with Gasteiger partial charge < -0.3 is 5.11 Å². The van der Waals surface area contributed by atoms with Crippen LogP contribution in [0.5, 0.6) is 0 Å². The third kappa shape index (κ3) is 1.89. The quantitative estimate of drug-likeness (QED) is 0.603. The standard InChI is InChI=1S/C7H14N2O2/c1-7(2,10)6-3-4-9(5-6)8-11/h6,10H,3-5H2,1-2H3/t6-/m0/s1. The molecule has 1 aliphatic heterocycles. The second-order valence-corrected chi connectivity index (χ2v) is 3.63. The van der Waals surface area contributed by atoms with Crippen molar-refractivity contribution in [2.75, 3.05) is 13.1 Å². The first-order valence-electron chi connectivity index (χ1n) is 3.84. The molecule has 0 aromatic rings. The molecule has 0 saturated carbocycles. The second-order valence-electron chi connectivity index (χ2n) is 3.63. The molecule has 0 aromatic heterocycles. The Balaban J connectivity index is 2.48. The van der Waals surface area contributed by atoms with Gasteiger partial charge >= 0.3 is 0 Å². The normalized spacial score (nSPS) is 25.7. The van der Waals surface area contributed by atoms with Gasteiger partial charge in [0.25, 0.3) is 0 Å². The zero-order valence-corrected chi connectivity index (χ0v) is 6.95. The fraction of sp³-hybridized carbons (Fsp3) is 1.00. The molecule has 0 unspecified atom stereocenters. The molecule has 0 amide bonds. The number of nitroso groups, excluding NO2 is 1. The summed E-state index contributed by atoms with van der Waals surface area (Å²) in [6, 6.07) is 0. The minimum absolute atomic E-state index is 0.181. The van der Waals surface area contributed by atoms with E-state index in [4.69, 9.17) is 0 Å². The van der Waals surface area contributed by atoms with Gasteiger partial charge in [0.05, 0.1) is 10.9 Å². The fourth-order valence-corrected chi connectivity index (χ4v) is 1.39. The first-order chi connectivity index (χ1) is 5.04. The van der Waals surface area contributed by atoms with E-state index in [1.807, 2.05) is 0 Å². The SMILES string of the molecule is CC(C)(O)[C@H]1CCN(N=O)C1. The van der Waals surface area contributed by atoms with Crippen molar-refractivity contribution < 1.29 is 5.11 Å². The topological polar surface area (TPSA) is 52.9 Å². The third-order valence-electron chi connectivity index (χ3n) is 2.28. The summed E-state index contributed by atoms with van der Waals surface area (Å²) in [5.41, 5.74) is -0.681. The van der Waals surface area contributed by atoms with Crippen molar-refractivity contribution >= 4 is 0 Å². The second kappa shape index (κ2) is 2.77. The first kappa shape index (κ1) is 8.46. The van der Waals surface area contributed by atoms with E-state index in [0.717, 1.165) is 6.42 Å². The van der Waals surface area contributed by atoms with Gasteiger partial charge in [-0.15, -0.1) is 4.91 Å². The van der Waals surface area contributed by atoms with Crippen LogP contribution in [0.4, 0.5) is 0 Å². The molecule has 0 radical (unpaired) electrons. The third-order valence-corrected chi connectivity index (χ3v) is 2.28. The Morgan fingerprint density at radius 1 is 1.64 bits per heavy atom. The van der Waals surface area contributed by atoms with E-state index in [0.29, 0.717) is 13.1 Å². The average Bonchev–Trinajstić information content (AvgIpc) is 2.32. The van der Waals surface area contributed by atoms with Crippen LogP contribution in [-0.4, -0.2) is 28.8 Å². The van der Waals surface area contributed by atoms with Crippen LogP contribution in [0.1, 0.15) is 20.3 Å². The van der Waals surface area contributed by atoms with Gasteiger partial charge in [-0.05, 0) is 20.3 Å². The van der Waals surface area contributed by atoms with E-state index in [9.17, 15) is 10.0 Å². The molecule has 4 heteroatoms. The van der Waals surface area contributed by atoms with Crippen molar-refractivity contribution in [3.8, 4) is 0 Å². The monoisotopic (exact) mass is 158 g/mol. The van der Waals surface area contributed by atoms with E-state index in [2.05, 4.69) is 5.29 Å². The molecule has 64 valence electrons. The zero-order valence-electron chi connectivity index (χ0n) is 6.95. The maximum Gasteiger partial charge on any atom is 0.0638 e. The largest absolute Gasteiger partial charge is 0.390 e. The van der Waals surface area contributed by atoms with Gasteiger partial charge in [-0.3, -0.25) is 5.01 Å². The molecule has 11 heavy (non-hydrogen) atoms. The van der Waals surface area contributed by atoms with Crippen LogP contribution in [-0.2, 0) is 0 Å². The minimum atomic E-state index is -0.681. The lowest BCUT2D eigenvalue weighted by Crippen LogP contribution is -2.32. The Kier molecular flexibility index (Phi) is 2.13. The summed E-state index contributed by atoms with van der Waals surface area (Å²) in [7, 11) is 0. The predicted octanol–water partition coefficient (Wildman–Crippen LogP) is 0.761. The van der Waals surface area contributed by atoms with E-state index < -0.39 is 5.60 Å². The van der Waals surface area contributed by atoms with Crippen LogP contribution in [0.15, 0.2) is 5.29 Å².